The van der Waals surface area contributed by atoms with Gasteiger partial charge in [-0.15, -0.1) is 0 Å². The monoisotopic (exact) mass is 374 g/mol. The summed E-state index contributed by atoms with van der Waals surface area (Å²) in [5.41, 5.74) is 0.0463. The fourth-order valence-electron chi connectivity index (χ4n) is 0.0500. The van der Waals surface area contributed by atoms with Crippen molar-refractivity contribution in [3.63, 3.8) is 0 Å². The van der Waals surface area contributed by atoms with Crippen molar-refractivity contribution in [2.24, 2.45) is 5.41 Å². The van der Waals surface area contributed by atoms with Gasteiger partial charge in [-0.3, -0.25) is 0 Å². The first kappa shape index (κ1) is 30.3. The van der Waals surface area contributed by atoms with Crippen LogP contribution in [-0.2, 0) is 14.2 Å². The summed E-state index contributed by atoms with van der Waals surface area (Å²) in [6.07, 6.45) is 0. The second kappa shape index (κ2) is 15.0. The highest BCUT2D eigenvalue weighted by Gasteiger charge is 2.13. The maximum absolute atomic E-state index is 9.60. The summed E-state index contributed by atoms with van der Waals surface area (Å²) >= 11 is 0. The van der Waals surface area contributed by atoms with Crippen molar-refractivity contribution in [1.29, 1.82) is 0 Å². The first-order valence-electron chi connectivity index (χ1n) is 6.18. The first-order chi connectivity index (χ1) is 10.4. The lowest BCUT2D eigenvalue weighted by atomic mass is 9.97. The molecule has 0 heterocycles. The Balaban J connectivity index is -0.000000112. The molecule has 0 aliphatic carbocycles. The van der Waals surface area contributed by atoms with Crippen molar-refractivity contribution in [1.82, 2.24) is 0 Å². The molecule has 10 nitrogen and oxygen atoms in total. The maximum atomic E-state index is 9.60. The molecule has 0 aromatic carbocycles. The number of hydrogen-bond donors (Lipinski definition) is 7. The lowest BCUT2D eigenvalue weighted by Gasteiger charge is -2.16. The molecular formula is C13H27O10P. The van der Waals surface area contributed by atoms with E-state index in [1.54, 1.807) is 13.8 Å². The molecule has 0 radical (unpaired) electrons. The third-order valence-electron chi connectivity index (χ3n) is 1.59. The maximum Gasteiger partial charge on any atom is 0.466 e. The Hall–Kier alpha value is -1.55. The molecule has 0 rings (SSSR count). The van der Waals surface area contributed by atoms with Gasteiger partial charge in [-0.1, -0.05) is 27.0 Å². The van der Waals surface area contributed by atoms with Gasteiger partial charge >= 0.3 is 19.8 Å². The predicted octanol–water partition coefficient (Wildman–Crippen LogP) is 0.363. The van der Waals surface area contributed by atoms with Crippen molar-refractivity contribution >= 4 is 19.8 Å². The Labute approximate surface area is 140 Å². The van der Waals surface area contributed by atoms with Crippen molar-refractivity contribution < 1.29 is 49.3 Å². The molecule has 0 aromatic heterocycles. The minimum atomic E-state index is -4.64. The normalized spacial score (nSPS) is 9.71. The highest BCUT2D eigenvalue weighted by Crippen LogP contribution is 2.25. The first-order valence-corrected chi connectivity index (χ1v) is 7.75. The molecule has 0 aliphatic rings. The predicted molar refractivity (Wildman–Crippen MR) is 87.1 cm³/mol. The van der Waals surface area contributed by atoms with Crippen LogP contribution in [0.5, 0.6) is 0 Å². The Kier molecular flexibility index (Phi) is 19.0. The lowest BCUT2D eigenvalue weighted by Crippen LogP contribution is -2.20. The number of phosphoric acid groups is 1. The van der Waals surface area contributed by atoms with E-state index in [4.69, 9.17) is 39.7 Å². The van der Waals surface area contributed by atoms with Gasteiger partial charge in [0.15, 0.2) is 0 Å². The molecule has 0 spiro atoms. The van der Waals surface area contributed by atoms with Gasteiger partial charge in [0, 0.05) is 16.6 Å². The van der Waals surface area contributed by atoms with E-state index >= 15 is 0 Å². The molecule has 0 amide bonds. The second-order valence-electron chi connectivity index (χ2n) is 5.16. The van der Waals surface area contributed by atoms with Gasteiger partial charge in [-0.2, -0.15) is 0 Å². The topological polar surface area (TPSA) is 193 Å². The van der Waals surface area contributed by atoms with Gasteiger partial charge < -0.3 is 35.1 Å². The zero-order valence-electron chi connectivity index (χ0n) is 14.1. The molecule has 0 saturated carbocycles. The van der Waals surface area contributed by atoms with Crippen LogP contribution in [0.15, 0.2) is 24.3 Å². The summed E-state index contributed by atoms with van der Waals surface area (Å²) in [5.74, 6) is -1.87. The smallest absolute Gasteiger partial charge is 0.466 e. The largest absolute Gasteiger partial charge is 0.478 e. The number of carboxylic acid groups (broad SMARTS) is 2. The van der Waals surface area contributed by atoms with E-state index in [-0.39, 0.29) is 29.8 Å². The van der Waals surface area contributed by atoms with Crippen LogP contribution in [0.3, 0.4) is 0 Å². The minimum Gasteiger partial charge on any atom is -0.478 e. The van der Waals surface area contributed by atoms with Crippen LogP contribution in [-0.4, -0.2) is 60.3 Å². The molecule has 0 unspecified atom stereocenters. The SMILES string of the molecule is C=C(C)C(=O)O.C=C(C)C(=O)O.CC(C)(CO)CO.O=P(O)(O)O. The van der Waals surface area contributed by atoms with Gasteiger partial charge in [0.25, 0.3) is 0 Å². The Morgan fingerprint density at radius 1 is 0.875 bits per heavy atom. The molecule has 0 aliphatic heterocycles. The fourth-order valence-corrected chi connectivity index (χ4v) is 0.0500. The highest BCUT2D eigenvalue weighted by molar-refractivity contribution is 7.45. The van der Waals surface area contributed by atoms with Gasteiger partial charge in [0.2, 0.25) is 0 Å². The van der Waals surface area contributed by atoms with Crippen molar-refractivity contribution in [3.05, 3.63) is 24.3 Å². The summed E-state index contributed by atoms with van der Waals surface area (Å²) in [5, 5.41) is 32.7. The van der Waals surface area contributed by atoms with E-state index in [0.717, 1.165) is 0 Å². The average molecular weight is 374 g/mol. The molecule has 0 aromatic rings. The van der Waals surface area contributed by atoms with Crippen LogP contribution in [0.25, 0.3) is 0 Å². The summed E-state index contributed by atoms with van der Waals surface area (Å²) in [4.78, 5) is 40.8. The number of aliphatic hydroxyl groups excluding tert-OH is 2. The lowest BCUT2D eigenvalue weighted by molar-refractivity contribution is -0.133. The van der Waals surface area contributed by atoms with Crippen molar-refractivity contribution in [2.75, 3.05) is 13.2 Å². The zero-order chi connectivity index (χ0) is 20.7. The van der Waals surface area contributed by atoms with Crippen LogP contribution < -0.4 is 0 Å². The summed E-state index contributed by atoms with van der Waals surface area (Å²) in [7, 11) is -4.64. The van der Waals surface area contributed by atoms with Gasteiger partial charge in [-0.25, -0.2) is 14.2 Å². The quantitative estimate of drug-likeness (QED) is 0.267. The zero-order valence-corrected chi connectivity index (χ0v) is 15.0. The molecule has 0 fully saturated rings. The van der Waals surface area contributed by atoms with E-state index in [0.29, 0.717) is 0 Å². The Bertz CT molecular complexity index is 387. The molecule has 0 bridgehead atoms. The number of aliphatic hydroxyl groups is 2. The van der Waals surface area contributed by atoms with Gasteiger partial charge in [0.1, 0.15) is 0 Å². The number of rotatable bonds is 4. The van der Waals surface area contributed by atoms with E-state index in [2.05, 4.69) is 13.2 Å². The third-order valence-corrected chi connectivity index (χ3v) is 1.59. The van der Waals surface area contributed by atoms with Crippen LogP contribution in [0.2, 0.25) is 0 Å². The molecule has 7 N–H and O–H groups in total. The Morgan fingerprint density at radius 2 is 1.00 bits per heavy atom. The van der Waals surface area contributed by atoms with Gasteiger partial charge in [-0.05, 0) is 13.8 Å². The molecule has 24 heavy (non-hydrogen) atoms. The molecule has 11 heteroatoms. The number of carboxylic acids is 2. The van der Waals surface area contributed by atoms with E-state index in [9.17, 15) is 9.59 Å². The fraction of sp³-hybridized carbons (Fsp3) is 0.538. The number of hydrogen-bond acceptors (Lipinski definition) is 5. The summed E-state index contributed by atoms with van der Waals surface area (Å²) in [6.45, 7) is 12.9. The van der Waals surface area contributed by atoms with Crippen molar-refractivity contribution in [3.8, 4) is 0 Å². The van der Waals surface area contributed by atoms with Crippen LogP contribution in [0.1, 0.15) is 27.7 Å². The van der Waals surface area contributed by atoms with Crippen LogP contribution in [0.4, 0.5) is 0 Å². The second-order valence-corrected chi connectivity index (χ2v) is 6.19. The molecular weight excluding hydrogens is 347 g/mol. The Morgan fingerprint density at radius 3 is 1.00 bits per heavy atom. The van der Waals surface area contributed by atoms with Crippen molar-refractivity contribution in [2.45, 2.75) is 27.7 Å². The van der Waals surface area contributed by atoms with Crippen LogP contribution >= 0.6 is 7.82 Å². The number of carbonyl (C=O) groups is 2. The minimum absolute atomic E-state index is 0.0451. The van der Waals surface area contributed by atoms with E-state index < -0.39 is 19.8 Å². The van der Waals surface area contributed by atoms with E-state index in [1.807, 2.05) is 0 Å². The van der Waals surface area contributed by atoms with E-state index in [1.165, 1.54) is 13.8 Å². The third kappa shape index (κ3) is 49.9. The number of aliphatic carboxylic acids is 2. The van der Waals surface area contributed by atoms with Crippen LogP contribution in [0, 0.1) is 5.41 Å². The highest BCUT2D eigenvalue weighted by atomic mass is 31.2. The average Bonchev–Trinajstić information content (AvgIpc) is 2.38. The molecule has 0 atom stereocenters. The molecule has 144 valence electrons. The molecule has 0 saturated heterocycles. The summed E-state index contributed by atoms with van der Waals surface area (Å²) in [6, 6.07) is 0. The summed E-state index contributed by atoms with van der Waals surface area (Å²) < 4.78 is 8.88. The standard InChI is InChI=1S/C5H12O2.2C4H6O2.H3O4P/c1-5(2,3-6)4-7;2*1-3(2)4(5)6;1-5(2,3)4/h6-7H,3-4H2,1-2H3;2*1H2,2H3,(H,5,6);(H3,1,2,3,4). The van der Waals surface area contributed by atoms with Gasteiger partial charge in [0.05, 0.1) is 13.2 Å².